The third-order valence-corrected chi connectivity index (χ3v) is 6.61. The molecule has 158 valence electrons. The molecule has 0 aromatic heterocycles. The van der Waals surface area contributed by atoms with Crippen LogP contribution in [0.25, 0.3) is 0 Å². The van der Waals surface area contributed by atoms with Crippen LogP contribution < -0.4 is 10.3 Å². The molecule has 1 aliphatic heterocycles. The molecule has 2 aromatic rings. The number of nitrogens with zero attached hydrogens (tertiary/aromatic N) is 2. The Hall–Kier alpha value is -2.04. The SMILES string of the molecule is Cc1ccc(C2CC(C(=O)NCC3CCCCC3)=NN2c2ccc(Cl)cc2Cl)cc1. The van der Waals surface area contributed by atoms with E-state index in [9.17, 15) is 4.79 Å². The van der Waals surface area contributed by atoms with Crippen molar-refractivity contribution < 1.29 is 4.79 Å². The maximum absolute atomic E-state index is 12.9. The van der Waals surface area contributed by atoms with Crippen LogP contribution in [0.2, 0.25) is 10.0 Å². The van der Waals surface area contributed by atoms with Crippen LogP contribution in [0, 0.1) is 12.8 Å². The first-order valence-electron chi connectivity index (χ1n) is 10.7. The maximum atomic E-state index is 12.9. The van der Waals surface area contributed by atoms with E-state index in [0.29, 0.717) is 28.1 Å². The summed E-state index contributed by atoms with van der Waals surface area (Å²) in [6.45, 7) is 2.79. The minimum atomic E-state index is -0.0836. The Morgan fingerprint density at radius 1 is 1.10 bits per heavy atom. The number of halogens is 2. The summed E-state index contributed by atoms with van der Waals surface area (Å²) >= 11 is 12.6. The Labute approximate surface area is 188 Å². The number of hydrazone groups is 1. The molecule has 1 saturated carbocycles. The number of carbonyl (C=O) groups excluding carboxylic acids is 1. The van der Waals surface area contributed by atoms with Crippen LogP contribution in [0.4, 0.5) is 5.69 Å². The summed E-state index contributed by atoms with van der Waals surface area (Å²) in [4.78, 5) is 12.9. The normalized spacial score (nSPS) is 19.6. The van der Waals surface area contributed by atoms with Crippen molar-refractivity contribution in [2.24, 2.45) is 11.0 Å². The molecule has 4 rings (SSSR count). The standard InChI is InChI=1S/C24H27Cl2N3O/c1-16-7-9-18(10-8-16)23-14-21(24(30)27-15-17-5-3-2-4-6-17)28-29(23)22-12-11-19(25)13-20(22)26/h7-13,17,23H,2-6,14-15H2,1H3,(H,27,30). The molecule has 1 aliphatic carbocycles. The van der Waals surface area contributed by atoms with Crippen molar-refractivity contribution in [3.8, 4) is 0 Å². The molecule has 1 amide bonds. The minimum absolute atomic E-state index is 0.0785. The van der Waals surface area contributed by atoms with Crippen molar-refractivity contribution in [3.63, 3.8) is 0 Å². The van der Waals surface area contributed by atoms with Crippen LogP contribution in [0.1, 0.15) is 55.7 Å². The lowest BCUT2D eigenvalue weighted by molar-refractivity contribution is -0.115. The summed E-state index contributed by atoms with van der Waals surface area (Å²) in [5, 5.41) is 10.8. The summed E-state index contributed by atoms with van der Waals surface area (Å²) in [6.07, 6.45) is 6.78. The Balaban J connectivity index is 1.56. The smallest absolute Gasteiger partial charge is 0.267 e. The molecule has 1 unspecified atom stereocenters. The quantitative estimate of drug-likeness (QED) is 0.588. The molecule has 0 radical (unpaired) electrons. The highest BCUT2D eigenvalue weighted by Gasteiger charge is 2.33. The van der Waals surface area contributed by atoms with Gasteiger partial charge in [-0.15, -0.1) is 0 Å². The van der Waals surface area contributed by atoms with E-state index >= 15 is 0 Å². The molecule has 1 N–H and O–H groups in total. The molecule has 0 saturated heterocycles. The summed E-state index contributed by atoms with van der Waals surface area (Å²) in [5.74, 6) is 0.504. The molecule has 1 heterocycles. The molecule has 30 heavy (non-hydrogen) atoms. The van der Waals surface area contributed by atoms with Crippen molar-refractivity contribution in [3.05, 3.63) is 63.6 Å². The van der Waals surface area contributed by atoms with Gasteiger partial charge in [0.2, 0.25) is 0 Å². The first-order chi connectivity index (χ1) is 14.5. The molecular formula is C24H27Cl2N3O. The Bertz CT molecular complexity index is 936. The number of hydrogen-bond acceptors (Lipinski definition) is 3. The van der Waals surface area contributed by atoms with Gasteiger partial charge in [-0.25, -0.2) is 0 Å². The van der Waals surface area contributed by atoms with Gasteiger partial charge in [0.15, 0.2) is 0 Å². The van der Waals surface area contributed by atoms with Crippen LogP contribution in [-0.2, 0) is 4.79 Å². The van der Waals surface area contributed by atoms with E-state index in [2.05, 4.69) is 36.5 Å². The average Bonchev–Trinajstić information content (AvgIpc) is 3.18. The summed E-state index contributed by atoms with van der Waals surface area (Å²) in [6, 6.07) is 13.6. The largest absolute Gasteiger partial charge is 0.351 e. The molecule has 2 aromatic carbocycles. The van der Waals surface area contributed by atoms with Gasteiger partial charge in [-0.3, -0.25) is 9.80 Å². The van der Waals surface area contributed by atoms with E-state index in [4.69, 9.17) is 28.3 Å². The number of aryl methyl sites for hydroxylation is 1. The number of benzene rings is 2. The van der Waals surface area contributed by atoms with E-state index < -0.39 is 0 Å². The van der Waals surface area contributed by atoms with Gasteiger partial charge in [-0.2, -0.15) is 5.10 Å². The zero-order valence-electron chi connectivity index (χ0n) is 17.2. The second-order valence-electron chi connectivity index (χ2n) is 8.33. The lowest BCUT2D eigenvalue weighted by Gasteiger charge is -2.25. The number of anilines is 1. The van der Waals surface area contributed by atoms with Crippen LogP contribution >= 0.6 is 23.2 Å². The molecule has 0 bridgehead atoms. The van der Waals surface area contributed by atoms with Gasteiger partial charge in [-0.1, -0.05) is 72.3 Å². The predicted octanol–water partition coefficient (Wildman–Crippen LogP) is 6.31. The Kier molecular flexibility index (Phi) is 6.64. The van der Waals surface area contributed by atoms with Gasteiger partial charge >= 0.3 is 0 Å². The average molecular weight is 444 g/mol. The Morgan fingerprint density at radius 2 is 1.83 bits per heavy atom. The summed E-state index contributed by atoms with van der Waals surface area (Å²) < 4.78 is 0. The fourth-order valence-corrected chi connectivity index (χ4v) is 4.81. The van der Waals surface area contributed by atoms with Gasteiger partial charge < -0.3 is 5.32 Å². The molecule has 1 atom stereocenters. The number of amides is 1. The minimum Gasteiger partial charge on any atom is -0.351 e. The van der Waals surface area contributed by atoms with E-state index in [1.165, 1.54) is 37.7 Å². The van der Waals surface area contributed by atoms with Crippen molar-refractivity contribution in [2.45, 2.75) is 51.5 Å². The molecular weight excluding hydrogens is 417 g/mol. The van der Waals surface area contributed by atoms with Gasteiger partial charge in [0.25, 0.3) is 5.91 Å². The monoisotopic (exact) mass is 443 g/mol. The fraction of sp³-hybridized carbons (Fsp3) is 0.417. The zero-order valence-corrected chi connectivity index (χ0v) is 18.7. The molecule has 4 nitrogen and oxygen atoms in total. The molecule has 2 aliphatic rings. The van der Waals surface area contributed by atoms with Crippen molar-refractivity contribution >= 4 is 40.5 Å². The highest BCUT2D eigenvalue weighted by molar-refractivity contribution is 6.40. The van der Waals surface area contributed by atoms with E-state index in [1.54, 1.807) is 12.1 Å². The fourth-order valence-electron chi connectivity index (χ4n) is 4.32. The predicted molar refractivity (Wildman–Crippen MR) is 124 cm³/mol. The zero-order chi connectivity index (χ0) is 21.1. The van der Waals surface area contributed by atoms with E-state index in [0.717, 1.165) is 17.8 Å². The molecule has 1 fully saturated rings. The summed E-state index contributed by atoms with van der Waals surface area (Å²) in [7, 11) is 0. The van der Waals surface area contributed by atoms with Gasteiger partial charge in [0.05, 0.1) is 16.8 Å². The molecule has 6 heteroatoms. The van der Waals surface area contributed by atoms with Gasteiger partial charge in [0, 0.05) is 18.0 Å². The number of hydrogen-bond donors (Lipinski definition) is 1. The topological polar surface area (TPSA) is 44.7 Å². The highest BCUT2D eigenvalue weighted by Crippen LogP contribution is 2.39. The van der Waals surface area contributed by atoms with Crippen molar-refractivity contribution in [1.29, 1.82) is 0 Å². The third kappa shape index (κ3) is 4.81. The summed E-state index contributed by atoms with van der Waals surface area (Å²) in [5.41, 5.74) is 3.59. The number of nitrogens with one attached hydrogen (secondary N) is 1. The maximum Gasteiger partial charge on any atom is 0.267 e. The lowest BCUT2D eigenvalue weighted by atomic mass is 9.89. The lowest BCUT2D eigenvalue weighted by Crippen LogP contribution is -2.34. The second-order valence-corrected chi connectivity index (χ2v) is 9.18. The first kappa shape index (κ1) is 21.2. The third-order valence-electron chi connectivity index (χ3n) is 6.07. The number of rotatable bonds is 5. The van der Waals surface area contributed by atoms with Gasteiger partial charge in [0.1, 0.15) is 5.71 Å². The second kappa shape index (κ2) is 9.40. The molecule has 0 spiro atoms. The van der Waals surface area contributed by atoms with E-state index in [-0.39, 0.29) is 11.9 Å². The van der Waals surface area contributed by atoms with Crippen LogP contribution in [0.15, 0.2) is 47.6 Å². The first-order valence-corrected chi connectivity index (χ1v) is 11.4. The Morgan fingerprint density at radius 3 is 2.53 bits per heavy atom. The van der Waals surface area contributed by atoms with Crippen molar-refractivity contribution in [1.82, 2.24) is 5.32 Å². The highest BCUT2D eigenvalue weighted by atomic mass is 35.5. The van der Waals surface area contributed by atoms with Crippen LogP contribution in [0.3, 0.4) is 0 Å². The van der Waals surface area contributed by atoms with Crippen molar-refractivity contribution in [2.75, 3.05) is 11.6 Å². The van der Waals surface area contributed by atoms with Gasteiger partial charge in [-0.05, 0) is 49.4 Å². The van der Waals surface area contributed by atoms with E-state index in [1.807, 2.05) is 11.1 Å². The van der Waals surface area contributed by atoms with Crippen LogP contribution in [0.5, 0.6) is 0 Å². The number of carbonyl (C=O) groups is 1. The van der Waals surface area contributed by atoms with Crippen LogP contribution in [-0.4, -0.2) is 18.2 Å².